The van der Waals surface area contributed by atoms with Crippen LogP contribution in [0, 0.1) is 0 Å². The molecule has 0 saturated carbocycles. The van der Waals surface area contributed by atoms with Gasteiger partial charge in [0.1, 0.15) is 5.82 Å². The van der Waals surface area contributed by atoms with E-state index in [1.54, 1.807) is 29.8 Å². The monoisotopic (exact) mass is 397 g/mol. The molecule has 0 atom stereocenters. The van der Waals surface area contributed by atoms with Gasteiger partial charge < -0.3 is 15.0 Å². The predicted octanol–water partition coefficient (Wildman–Crippen LogP) is 2.44. The highest BCUT2D eigenvalue weighted by molar-refractivity contribution is 7.13. The molecule has 3 aromatic heterocycles. The number of nitrogens with one attached hydrogen (secondary N) is 1. The number of hydrogen-bond acceptors (Lipinski definition) is 9. The van der Waals surface area contributed by atoms with Crippen molar-refractivity contribution in [3.63, 3.8) is 0 Å². The SMILES string of the molecule is CCc1cc(NCCc2csc(-c3ncccn3)n2)nc(N2CCOCC2)n1. The van der Waals surface area contributed by atoms with Crippen LogP contribution in [-0.4, -0.2) is 57.8 Å². The van der Waals surface area contributed by atoms with E-state index in [1.807, 2.05) is 6.07 Å². The maximum Gasteiger partial charge on any atom is 0.227 e. The Labute approximate surface area is 168 Å². The topological polar surface area (TPSA) is 89.0 Å². The van der Waals surface area contributed by atoms with Gasteiger partial charge in [-0.25, -0.2) is 19.9 Å². The third kappa shape index (κ3) is 4.60. The lowest BCUT2D eigenvalue weighted by molar-refractivity contribution is 0.122. The molecule has 0 spiro atoms. The van der Waals surface area contributed by atoms with Crippen LogP contribution in [0.3, 0.4) is 0 Å². The Hall–Kier alpha value is -2.65. The van der Waals surface area contributed by atoms with E-state index in [-0.39, 0.29) is 0 Å². The lowest BCUT2D eigenvalue weighted by Gasteiger charge is -2.27. The van der Waals surface area contributed by atoms with Crippen molar-refractivity contribution >= 4 is 23.1 Å². The molecule has 0 amide bonds. The zero-order valence-corrected chi connectivity index (χ0v) is 16.7. The quantitative estimate of drug-likeness (QED) is 0.650. The molecule has 4 heterocycles. The lowest BCUT2D eigenvalue weighted by atomic mass is 10.3. The third-order valence-electron chi connectivity index (χ3n) is 4.42. The second-order valence-electron chi connectivity index (χ2n) is 6.39. The number of anilines is 2. The summed E-state index contributed by atoms with van der Waals surface area (Å²) in [5, 5.41) is 6.33. The van der Waals surface area contributed by atoms with E-state index in [4.69, 9.17) is 9.72 Å². The smallest absolute Gasteiger partial charge is 0.227 e. The van der Waals surface area contributed by atoms with Crippen molar-refractivity contribution < 1.29 is 4.74 Å². The van der Waals surface area contributed by atoms with Crippen LogP contribution in [0.5, 0.6) is 0 Å². The Kier molecular flexibility index (Phi) is 6.03. The minimum atomic E-state index is 0.672. The van der Waals surface area contributed by atoms with Gasteiger partial charge in [-0.1, -0.05) is 6.92 Å². The number of rotatable bonds is 7. The van der Waals surface area contributed by atoms with Crippen molar-refractivity contribution in [2.45, 2.75) is 19.8 Å². The van der Waals surface area contributed by atoms with E-state index >= 15 is 0 Å². The number of nitrogens with zero attached hydrogens (tertiary/aromatic N) is 6. The molecular weight excluding hydrogens is 374 g/mol. The molecule has 0 radical (unpaired) electrons. The molecule has 0 aromatic carbocycles. The van der Waals surface area contributed by atoms with Crippen LogP contribution >= 0.6 is 11.3 Å². The fraction of sp³-hybridized carbons (Fsp3) is 0.421. The summed E-state index contributed by atoms with van der Waals surface area (Å²) >= 11 is 1.57. The first-order valence-corrected chi connectivity index (χ1v) is 10.4. The molecule has 1 aliphatic heterocycles. The van der Waals surface area contributed by atoms with Crippen LogP contribution < -0.4 is 10.2 Å². The molecule has 146 valence electrons. The molecule has 1 aliphatic rings. The summed E-state index contributed by atoms with van der Waals surface area (Å²) in [5.41, 5.74) is 2.06. The fourth-order valence-corrected chi connectivity index (χ4v) is 3.71. The summed E-state index contributed by atoms with van der Waals surface area (Å²) in [7, 11) is 0. The van der Waals surface area contributed by atoms with Gasteiger partial charge in [-0.2, -0.15) is 4.98 Å². The highest BCUT2D eigenvalue weighted by Crippen LogP contribution is 2.20. The molecule has 1 saturated heterocycles. The molecule has 0 unspecified atom stereocenters. The maximum atomic E-state index is 5.43. The van der Waals surface area contributed by atoms with Crippen LogP contribution in [0.2, 0.25) is 0 Å². The molecule has 0 bridgehead atoms. The number of ether oxygens (including phenoxy) is 1. The third-order valence-corrected chi connectivity index (χ3v) is 5.31. The van der Waals surface area contributed by atoms with Gasteiger partial charge in [0.25, 0.3) is 0 Å². The number of thiazole rings is 1. The van der Waals surface area contributed by atoms with Crippen LogP contribution in [0.15, 0.2) is 29.9 Å². The van der Waals surface area contributed by atoms with E-state index < -0.39 is 0 Å². The Morgan fingerprint density at radius 2 is 1.93 bits per heavy atom. The molecular formula is C19H23N7OS. The molecule has 1 N–H and O–H groups in total. The van der Waals surface area contributed by atoms with Crippen molar-refractivity contribution in [1.29, 1.82) is 0 Å². The molecule has 1 fully saturated rings. The summed E-state index contributed by atoms with van der Waals surface area (Å²) in [6.45, 7) is 5.96. The van der Waals surface area contributed by atoms with E-state index in [2.05, 4.69) is 42.5 Å². The first-order chi connectivity index (χ1) is 13.8. The number of hydrogen-bond donors (Lipinski definition) is 1. The highest BCUT2D eigenvalue weighted by atomic mass is 32.1. The van der Waals surface area contributed by atoms with Crippen molar-refractivity contribution in [1.82, 2.24) is 24.9 Å². The van der Waals surface area contributed by atoms with Crippen LogP contribution in [-0.2, 0) is 17.6 Å². The molecule has 0 aliphatic carbocycles. The van der Waals surface area contributed by atoms with Gasteiger partial charge in [0.05, 0.1) is 18.9 Å². The van der Waals surface area contributed by atoms with Crippen molar-refractivity contribution in [3.05, 3.63) is 41.3 Å². The van der Waals surface area contributed by atoms with Crippen molar-refractivity contribution in [3.8, 4) is 10.8 Å². The van der Waals surface area contributed by atoms with Gasteiger partial charge >= 0.3 is 0 Å². The number of aromatic nitrogens is 5. The minimum Gasteiger partial charge on any atom is -0.378 e. The molecule has 9 heteroatoms. The maximum absolute atomic E-state index is 5.43. The van der Waals surface area contributed by atoms with E-state index in [1.165, 1.54) is 0 Å². The minimum absolute atomic E-state index is 0.672. The second kappa shape index (κ2) is 9.03. The molecule has 3 aromatic rings. The van der Waals surface area contributed by atoms with Gasteiger partial charge in [-0.15, -0.1) is 11.3 Å². The van der Waals surface area contributed by atoms with Crippen LogP contribution in [0.4, 0.5) is 11.8 Å². The van der Waals surface area contributed by atoms with Gasteiger partial charge in [-0.05, 0) is 12.5 Å². The Morgan fingerprint density at radius 3 is 2.71 bits per heavy atom. The standard InChI is InChI=1S/C19H23N7OS/c1-2-14-12-16(25-19(24-14)26-8-10-27-11-9-26)20-7-4-15-13-28-18(23-15)17-21-5-3-6-22-17/h3,5-6,12-13H,2,4,7-11H2,1H3,(H,20,24,25). The number of aryl methyl sites for hydroxylation is 1. The Balaban J connectivity index is 1.39. The van der Waals surface area contributed by atoms with Crippen LogP contribution in [0.1, 0.15) is 18.3 Å². The summed E-state index contributed by atoms with van der Waals surface area (Å²) in [4.78, 5) is 24.7. The number of morpholine rings is 1. The van der Waals surface area contributed by atoms with Gasteiger partial charge in [0, 0.05) is 55.6 Å². The van der Waals surface area contributed by atoms with Crippen molar-refractivity contribution in [2.75, 3.05) is 43.1 Å². The Bertz CT molecular complexity index is 896. The van der Waals surface area contributed by atoms with Gasteiger partial charge in [0.2, 0.25) is 5.95 Å². The largest absolute Gasteiger partial charge is 0.378 e. The summed E-state index contributed by atoms with van der Waals surface area (Å²) in [6, 6.07) is 3.83. The van der Waals surface area contributed by atoms with Gasteiger partial charge in [-0.3, -0.25) is 0 Å². The van der Waals surface area contributed by atoms with E-state index in [0.29, 0.717) is 5.82 Å². The molecule has 4 rings (SSSR count). The zero-order valence-electron chi connectivity index (χ0n) is 15.8. The lowest BCUT2D eigenvalue weighted by Crippen LogP contribution is -2.37. The van der Waals surface area contributed by atoms with E-state index in [9.17, 15) is 0 Å². The fourth-order valence-electron chi connectivity index (χ4n) is 2.91. The van der Waals surface area contributed by atoms with E-state index in [0.717, 1.165) is 73.9 Å². The second-order valence-corrected chi connectivity index (χ2v) is 7.25. The Morgan fingerprint density at radius 1 is 1.11 bits per heavy atom. The first-order valence-electron chi connectivity index (χ1n) is 9.48. The van der Waals surface area contributed by atoms with Crippen LogP contribution in [0.25, 0.3) is 10.8 Å². The average molecular weight is 398 g/mol. The predicted molar refractivity (Wildman–Crippen MR) is 110 cm³/mol. The molecule has 28 heavy (non-hydrogen) atoms. The highest BCUT2D eigenvalue weighted by Gasteiger charge is 2.15. The first kappa shape index (κ1) is 18.7. The average Bonchev–Trinajstić information content (AvgIpc) is 3.24. The summed E-state index contributed by atoms with van der Waals surface area (Å²) < 4.78 is 5.43. The summed E-state index contributed by atoms with van der Waals surface area (Å²) in [6.07, 6.45) is 5.15. The normalized spacial score (nSPS) is 14.2. The molecule has 8 nitrogen and oxygen atoms in total. The summed E-state index contributed by atoms with van der Waals surface area (Å²) in [5.74, 6) is 2.31. The van der Waals surface area contributed by atoms with Crippen molar-refractivity contribution in [2.24, 2.45) is 0 Å². The zero-order chi connectivity index (χ0) is 19.2. The van der Waals surface area contributed by atoms with Gasteiger partial charge in [0.15, 0.2) is 10.8 Å².